The fourth-order valence-electron chi connectivity index (χ4n) is 2.07. The van der Waals surface area contributed by atoms with E-state index in [1.807, 2.05) is 20.2 Å². The predicted molar refractivity (Wildman–Crippen MR) is 62.5 cm³/mol. The minimum Gasteiger partial charge on any atom is -0.367 e. The number of hydrogen-bond donors (Lipinski definition) is 1. The molecule has 2 rings (SSSR count). The van der Waals surface area contributed by atoms with E-state index in [1.165, 1.54) is 0 Å². The van der Waals surface area contributed by atoms with Crippen LogP contribution in [0.4, 0.5) is 4.79 Å². The van der Waals surface area contributed by atoms with Gasteiger partial charge < -0.3 is 15.0 Å². The third kappa shape index (κ3) is 2.26. The Morgan fingerprint density at radius 1 is 1.65 bits per heavy atom. The van der Waals surface area contributed by atoms with Crippen LogP contribution in [0, 0.1) is 0 Å². The number of aromatic nitrogens is 2. The Morgan fingerprint density at radius 3 is 3.00 bits per heavy atom. The molecule has 1 aromatic rings. The van der Waals surface area contributed by atoms with E-state index < -0.39 is 5.60 Å². The molecule has 1 saturated heterocycles. The summed E-state index contributed by atoms with van der Waals surface area (Å²) in [6, 6.07) is -0.0663. The number of morpholine rings is 1. The van der Waals surface area contributed by atoms with Gasteiger partial charge in [-0.2, -0.15) is 5.10 Å². The number of carbonyl (C=O) groups excluding carboxylic acids is 1. The highest BCUT2D eigenvalue weighted by Gasteiger charge is 2.36. The van der Waals surface area contributed by atoms with Crippen molar-refractivity contribution in [2.75, 3.05) is 26.7 Å². The second-order valence-electron chi connectivity index (χ2n) is 4.46. The zero-order chi connectivity index (χ0) is 12.5. The maximum atomic E-state index is 11.6. The van der Waals surface area contributed by atoms with Crippen molar-refractivity contribution in [1.29, 1.82) is 0 Å². The van der Waals surface area contributed by atoms with Gasteiger partial charge in [0.15, 0.2) is 0 Å². The molecule has 0 saturated carbocycles. The van der Waals surface area contributed by atoms with Crippen molar-refractivity contribution in [2.45, 2.75) is 12.5 Å². The van der Waals surface area contributed by atoms with Gasteiger partial charge >= 0.3 is 6.03 Å². The first-order valence-corrected chi connectivity index (χ1v) is 5.65. The molecule has 1 unspecified atom stereocenters. The Hall–Kier alpha value is -1.56. The summed E-state index contributed by atoms with van der Waals surface area (Å²) in [7, 11) is 3.51. The Balaban J connectivity index is 2.17. The number of amides is 2. The summed E-state index contributed by atoms with van der Waals surface area (Å²) in [6.45, 7) is 3.69. The van der Waals surface area contributed by atoms with Gasteiger partial charge in [0.2, 0.25) is 0 Å². The van der Waals surface area contributed by atoms with Crippen molar-refractivity contribution >= 4 is 6.03 Å². The molecule has 0 aromatic carbocycles. The molecule has 6 nitrogen and oxygen atoms in total. The van der Waals surface area contributed by atoms with E-state index in [-0.39, 0.29) is 6.03 Å². The fraction of sp³-hybridized carbons (Fsp3) is 0.636. The van der Waals surface area contributed by atoms with Gasteiger partial charge in [0.05, 0.1) is 19.3 Å². The van der Waals surface area contributed by atoms with Crippen LogP contribution in [0.2, 0.25) is 0 Å². The predicted octanol–water partition coefficient (Wildman–Crippen LogP) is 0.307. The van der Waals surface area contributed by atoms with Crippen molar-refractivity contribution in [1.82, 2.24) is 20.0 Å². The van der Waals surface area contributed by atoms with E-state index in [0.717, 1.165) is 5.56 Å². The number of rotatable bonds is 1. The molecular formula is C11H18N4O2. The first-order chi connectivity index (χ1) is 8.05. The topological polar surface area (TPSA) is 59.4 Å². The molecule has 0 bridgehead atoms. The minimum atomic E-state index is -0.473. The third-order valence-corrected chi connectivity index (χ3v) is 3.09. The van der Waals surface area contributed by atoms with Crippen LogP contribution < -0.4 is 5.32 Å². The molecule has 0 spiro atoms. The first-order valence-electron chi connectivity index (χ1n) is 5.65. The van der Waals surface area contributed by atoms with E-state index in [4.69, 9.17) is 4.74 Å². The van der Waals surface area contributed by atoms with Gasteiger partial charge in [0.25, 0.3) is 0 Å². The zero-order valence-corrected chi connectivity index (χ0v) is 10.4. The number of ether oxygens (including phenoxy) is 1. The number of nitrogens with zero attached hydrogens (tertiary/aromatic N) is 3. The quantitative estimate of drug-likeness (QED) is 0.766. The van der Waals surface area contributed by atoms with Crippen LogP contribution in [0.5, 0.6) is 0 Å². The maximum absolute atomic E-state index is 11.6. The van der Waals surface area contributed by atoms with Crippen LogP contribution in [-0.2, 0) is 17.4 Å². The first kappa shape index (κ1) is 11.9. The van der Waals surface area contributed by atoms with Crippen LogP contribution in [0.1, 0.15) is 12.5 Å². The van der Waals surface area contributed by atoms with Gasteiger partial charge in [-0.25, -0.2) is 4.79 Å². The normalized spacial score (nSPS) is 24.8. The SMILES string of the molecule is CNC(=O)N1CCOC(C)(c2cnn(C)c2)C1. The van der Waals surface area contributed by atoms with Gasteiger partial charge in [-0.05, 0) is 6.92 Å². The lowest BCUT2D eigenvalue weighted by Crippen LogP contribution is -2.52. The lowest BCUT2D eigenvalue weighted by molar-refractivity contribution is -0.0905. The molecule has 1 aliphatic heterocycles. The highest BCUT2D eigenvalue weighted by molar-refractivity contribution is 5.74. The molecule has 1 aromatic heterocycles. The van der Waals surface area contributed by atoms with Crippen molar-refractivity contribution < 1.29 is 9.53 Å². The molecule has 94 valence electrons. The van der Waals surface area contributed by atoms with Crippen LogP contribution in [-0.4, -0.2) is 47.5 Å². The average molecular weight is 238 g/mol. The molecule has 2 amide bonds. The summed E-state index contributed by atoms with van der Waals surface area (Å²) in [6.07, 6.45) is 3.71. The van der Waals surface area contributed by atoms with Crippen LogP contribution >= 0.6 is 0 Å². The largest absolute Gasteiger partial charge is 0.367 e. The lowest BCUT2D eigenvalue weighted by atomic mass is 9.97. The van der Waals surface area contributed by atoms with Crippen molar-refractivity contribution in [2.24, 2.45) is 7.05 Å². The van der Waals surface area contributed by atoms with E-state index >= 15 is 0 Å². The van der Waals surface area contributed by atoms with E-state index in [0.29, 0.717) is 19.7 Å². The van der Waals surface area contributed by atoms with Gasteiger partial charge in [-0.3, -0.25) is 4.68 Å². The van der Waals surface area contributed by atoms with Gasteiger partial charge in [0, 0.05) is 32.4 Å². The number of carbonyl (C=O) groups is 1. The summed E-state index contributed by atoms with van der Waals surface area (Å²) in [5, 5.41) is 6.78. The number of nitrogens with one attached hydrogen (secondary N) is 1. The van der Waals surface area contributed by atoms with E-state index in [9.17, 15) is 4.79 Å². The molecule has 2 heterocycles. The molecule has 1 N–H and O–H groups in total. The molecule has 1 atom stereocenters. The fourth-order valence-corrected chi connectivity index (χ4v) is 2.07. The molecule has 17 heavy (non-hydrogen) atoms. The second kappa shape index (κ2) is 4.37. The van der Waals surface area contributed by atoms with E-state index in [1.54, 1.807) is 22.8 Å². The Labute approximate surface area is 101 Å². The van der Waals surface area contributed by atoms with Crippen LogP contribution in [0.15, 0.2) is 12.4 Å². The average Bonchev–Trinajstić information content (AvgIpc) is 2.76. The molecule has 1 aliphatic rings. The smallest absolute Gasteiger partial charge is 0.317 e. The monoisotopic (exact) mass is 238 g/mol. The van der Waals surface area contributed by atoms with Gasteiger partial charge in [-0.1, -0.05) is 0 Å². The zero-order valence-electron chi connectivity index (χ0n) is 10.4. The molecule has 0 radical (unpaired) electrons. The van der Waals surface area contributed by atoms with Gasteiger partial charge in [0.1, 0.15) is 5.60 Å². The van der Waals surface area contributed by atoms with Crippen LogP contribution in [0.25, 0.3) is 0 Å². The number of hydrogen-bond acceptors (Lipinski definition) is 3. The highest BCUT2D eigenvalue weighted by Crippen LogP contribution is 2.28. The van der Waals surface area contributed by atoms with E-state index in [2.05, 4.69) is 10.4 Å². The third-order valence-electron chi connectivity index (χ3n) is 3.09. The van der Waals surface area contributed by atoms with Crippen molar-refractivity contribution in [3.63, 3.8) is 0 Å². The standard InChI is InChI=1S/C11H18N4O2/c1-11(9-6-13-14(3)7-9)8-15(4-5-17-11)10(16)12-2/h6-7H,4-5,8H2,1-3H3,(H,12,16). The lowest BCUT2D eigenvalue weighted by Gasteiger charge is -2.39. The number of aryl methyl sites for hydroxylation is 1. The van der Waals surface area contributed by atoms with Gasteiger partial charge in [-0.15, -0.1) is 0 Å². The number of urea groups is 1. The van der Waals surface area contributed by atoms with Crippen molar-refractivity contribution in [3.05, 3.63) is 18.0 Å². The minimum absolute atomic E-state index is 0.0663. The molecular weight excluding hydrogens is 220 g/mol. The summed E-state index contributed by atoms with van der Waals surface area (Å²) in [4.78, 5) is 13.4. The second-order valence-corrected chi connectivity index (χ2v) is 4.46. The molecule has 6 heteroatoms. The highest BCUT2D eigenvalue weighted by atomic mass is 16.5. The summed E-state index contributed by atoms with van der Waals surface area (Å²) in [5.74, 6) is 0. The molecule has 1 fully saturated rings. The Kier molecular flexibility index (Phi) is 3.06. The van der Waals surface area contributed by atoms with Crippen LogP contribution in [0.3, 0.4) is 0 Å². The summed E-state index contributed by atoms with van der Waals surface area (Å²) >= 11 is 0. The Bertz CT molecular complexity index is 417. The molecule has 0 aliphatic carbocycles. The van der Waals surface area contributed by atoms with Crippen molar-refractivity contribution in [3.8, 4) is 0 Å². The Morgan fingerprint density at radius 2 is 2.41 bits per heavy atom. The summed E-state index contributed by atoms with van der Waals surface area (Å²) in [5.41, 5.74) is 0.521. The summed E-state index contributed by atoms with van der Waals surface area (Å²) < 4.78 is 7.55. The maximum Gasteiger partial charge on any atom is 0.317 e.